The van der Waals surface area contributed by atoms with Crippen LogP contribution in [-0.4, -0.2) is 24.1 Å². The molecule has 0 bridgehead atoms. The fourth-order valence-electron chi connectivity index (χ4n) is 3.31. The summed E-state index contributed by atoms with van der Waals surface area (Å²) in [7, 11) is 0. The van der Waals surface area contributed by atoms with Crippen LogP contribution in [0.25, 0.3) is 0 Å². The first-order valence-electron chi connectivity index (χ1n) is 9.97. The van der Waals surface area contributed by atoms with E-state index in [0.29, 0.717) is 16.1 Å². The summed E-state index contributed by atoms with van der Waals surface area (Å²) in [6, 6.07) is 15.4. The van der Waals surface area contributed by atoms with Gasteiger partial charge >= 0.3 is 5.97 Å². The molecule has 0 aliphatic rings. The summed E-state index contributed by atoms with van der Waals surface area (Å²) in [5.41, 5.74) is 0.953. The van der Waals surface area contributed by atoms with E-state index < -0.39 is 23.6 Å². The lowest BCUT2D eigenvalue weighted by Gasteiger charge is -2.24. The maximum absolute atomic E-state index is 13.3. The lowest BCUT2D eigenvalue weighted by atomic mass is 9.78. The van der Waals surface area contributed by atoms with Gasteiger partial charge in [0.25, 0.3) is 0 Å². The zero-order valence-corrected chi connectivity index (χ0v) is 17.7. The van der Waals surface area contributed by atoms with Crippen molar-refractivity contribution < 1.29 is 19.1 Å². The number of benzene rings is 2. The Morgan fingerprint density at radius 3 is 2.31 bits per heavy atom. The molecule has 2 aromatic rings. The van der Waals surface area contributed by atoms with Crippen molar-refractivity contribution in [1.29, 1.82) is 0 Å². The van der Waals surface area contributed by atoms with Crippen LogP contribution >= 0.6 is 11.6 Å². The lowest BCUT2D eigenvalue weighted by Crippen LogP contribution is -2.35. The van der Waals surface area contributed by atoms with Crippen molar-refractivity contribution in [2.24, 2.45) is 5.92 Å². The van der Waals surface area contributed by atoms with Gasteiger partial charge in [0, 0.05) is 10.6 Å². The smallest absolute Gasteiger partial charge is 0.317 e. The summed E-state index contributed by atoms with van der Waals surface area (Å²) in [5.74, 6) is -3.58. The van der Waals surface area contributed by atoms with Crippen molar-refractivity contribution in [1.82, 2.24) is 0 Å². The number of hydrogen-bond acceptors (Lipinski definition) is 4. The predicted octanol–water partition coefficient (Wildman–Crippen LogP) is 5.64. The van der Waals surface area contributed by atoms with Crippen LogP contribution in [0.4, 0.5) is 0 Å². The molecule has 0 saturated carbocycles. The van der Waals surface area contributed by atoms with E-state index in [-0.39, 0.29) is 12.4 Å². The van der Waals surface area contributed by atoms with E-state index >= 15 is 0 Å². The monoisotopic (exact) mass is 414 g/mol. The van der Waals surface area contributed by atoms with Gasteiger partial charge in [-0.15, -0.1) is 0 Å². The second kappa shape index (κ2) is 11.5. The van der Waals surface area contributed by atoms with Gasteiger partial charge in [-0.3, -0.25) is 14.4 Å². The van der Waals surface area contributed by atoms with Gasteiger partial charge in [0.2, 0.25) is 0 Å². The number of hydrogen-bond donors (Lipinski definition) is 0. The molecule has 0 spiro atoms. The Kier molecular flexibility index (Phi) is 9.07. The molecule has 5 heteroatoms. The Hall–Kier alpha value is -2.46. The van der Waals surface area contributed by atoms with Crippen LogP contribution in [0.3, 0.4) is 0 Å². The molecule has 0 fully saturated rings. The highest BCUT2D eigenvalue weighted by molar-refractivity contribution is 6.30. The van der Waals surface area contributed by atoms with Crippen LogP contribution in [0.1, 0.15) is 61.4 Å². The van der Waals surface area contributed by atoms with Crippen LogP contribution in [0.15, 0.2) is 54.6 Å². The summed E-state index contributed by atoms with van der Waals surface area (Å²) in [6.07, 6.45) is 3.83. The first kappa shape index (κ1) is 22.8. The van der Waals surface area contributed by atoms with Crippen molar-refractivity contribution in [2.75, 3.05) is 6.61 Å². The fourth-order valence-corrected chi connectivity index (χ4v) is 3.50. The quantitative estimate of drug-likeness (QED) is 0.207. The number of unbranched alkanes of at least 4 members (excludes halogenated alkanes) is 3. The summed E-state index contributed by atoms with van der Waals surface area (Å²) in [4.78, 5) is 38.6. The highest BCUT2D eigenvalue weighted by Gasteiger charge is 2.39. The van der Waals surface area contributed by atoms with Crippen LogP contribution in [-0.2, 0) is 14.3 Å². The molecule has 4 nitrogen and oxygen atoms in total. The van der Waals surface area contributed by atoms with Crippen molar-refractivity contribution in [3.05, 3.63) is 70.7 Å². The Balaban J connectivity index is 2.34. The molecule has 0 amide bonds. The summed E-state index contributed by atoms with van der Waals surface area (Å²) in [6.45, 7) is 3.66. The molecular formula is C24H27ClO4. The van der Waals surface area contributed by atoms with Crippen LogP contribution in [0, 0.1) is 5.92 Å². The molecule has 0 N–H and O–H groups in total. The van der Waals surface area contributed by atoms with Crippen LogP contribution in [0.5, 0.6) is 0 Å². The van der Waals surface area contributed by atoms with Crippen molar-refractivity contribution in [3.8, 4) is 0 Å². The Bertz CT molecular complexity index is 832. The van der Waals surface area contributed by atoms with E-state index in [1.807, 2.05) is 0 Å². The Morgan fingerprint density at radius 1 is 0.966 bits per heavy atom. The zero-order valence-electron chi connectivity index (χ0n) is 16.9. The SMILES string of the molecule is CCCCCCOC(=O)C(C(C)=O)C(C(=O)c1ccccc1)c1cccc(Cl)c1. The summed E-state index contributed by atoms with van der Waals surface area (Å²) in [5, 5.41) is 0.434. The highest BCUT2D eigenvalue weighted by Crippen LogP contribution is 2.32. The molecule has 2 aromatic carbocycles. The third kappa shape index (κ3) is 6.53. The summed E-state index contributed by atoms with van der Waals surface area (Å²) < 4.78 is 5.39. The number of rotatable bonds is 11. The fraction of sp³-hybridized carbons (Fsp3) is 0.375. The van der Waals surface area contributed by atoms with E-state index in [0.717, 1.165) is 25.7 Å². The van der Waals surface area contributed by atoms with Crippen molar-refractivity contribution >= 4 is 29.1 Å². The largest absolute Gasteiger partial charge is 0.465 e. The number of carbonyl (C=O) groups is 3. The normalized spacial score (nSPS) is 12.8. The highest BCUT2D eigenvalue weighted by atomic mass is 35.5. The molecule has 2 rings (SSSR count). The maximum atomic E-state index is 13.3. The van der Waals surface area contributed by atoms with Gasteiger partial charge in [-0.2, -0.15) is 0 Å². The number of esters is 1. The predicted molar refractivity (Wildman–Crippen MR) is 114 cm³/mol. The minimum Gasteiger partial charge on any atom is -0.465 e. The van der Waals surface area contributed by atoms with Gasteiger partial charge < -0.3 is 4.74 Å². The average Bonchev–Trinajstić information content (AvgIpc) is 2.71. The van der Waals surface area contributed by atoms with E-state index in [1.54, 1.807) is 54.6 Å². The number of ether oxygens (including phenoxy) is 1. The van der Waals surface area contributed by atoms with Gasteiger partial charge in [-0.25, -0.2) is 0 Å². The molecule has 2 atom stereocenters. The first-order chi connectivity index (χ1) is 14.0. The van der Waals surface area contributed by atoms with Gasteiger partial charge in [-0.05, 0) is 31.0 Å². The summed E-state index contributed by atoms with van der Waals surface area (Å²) >= 11 is 6.12. The van der Waals surface area contributed by atoms with Crippen LogP contribution in [0.2, 0.25) is 5.02 Å². The minimum atomic E-state index is -1.22. The molecule has 0 radical (unpaired) electrons. The molecule has 0 heterocycles. The third-order valence-electron chi connectivity index (χ3n) is 4.82. The molecule has 29 heavy (non-hydrogen) atoms. The van der Waals surface area contributed by atoms with E-state index in [4.69, 9.17) is 16.3 Å². The first-order valence-corrected chi connectivity index (χ1v) is 10.3. The van der Waals surface area contributed by atoms with E-state index in [2.05, 4.69) is 6.92 Å². The van der Waals surface area contributed by atoms with Crippen molar-refractivity contribution in [3.63, 3.8) is 0 Å². The molecular weight excluding hydrogens is 388 g/mol. The van der Waals surface area contributed by atoms with E-state index in [1.165, 1.54) is 6.92 Å². The minimum absolute atomic E-state index is 0.240. The van der Waals surface area contributed by atoms with Gasteiger partial charge in [-0.1, -0.05) is 80.3 Å². The number of ketones is 2. The molecule has 0 saturated heterocycles. The average molecular weight is 415 g/mol. The van der Waals surface area contributed by atoms with Gasteiger partial charge in [0.15, 0.2) is 5.78 Å². The van der Waals surface area contributed by atoms with E-state index in [9.17, 15) is 14.4 Å². The Labute approximate surface area is 177 Å². The van der Waals surface area contributed by atoms with Crippen LogP contribution < -0.4 is 0 Å². The third-order valence-corrected chi connectivity index (χ3v) is 5.05. The molecule has 0 aliphatic carbocycles. The lowest BCUT2D eigenvalue weighted by molar-refractivity contribution is -0.152. The molecule has 0 aromatic heterocycles. The number of carbonyl (C=O) groups excluding carboxylic acids is 3. The molecule has 2 unspecified atom stereocenters. The zero-order chi connectivity index (χ0) is 21.2. The van der Waals surface area contributed by atoms with Gasteiger partial charge in [0.05, 0.1) is 12.5 Å². The molecule has 154 valence electrons. The second-order valence-corrected chi connectivity index (χ2v) is 7.52. The number of halogens is 1. The number of Topliss-reactive ketones (excluding diaryl/α,β-unsaturated/α-hetero) is 2. The maximum Gasteiger partial charge on any atom is 0.317 e. The Morgan fingerprint density at radius 2 is 1.69 bits per heavy atom. The van der Waals surface area contributed by atoms with Crippen molar-refractivity contribution in [2.45, 2.75) is 45.4 Å². The topological polar surface area (TPSA) is 60.4 Å². The molecule has 0 aliphatic heterocycles. The van der Waals surface area contributed by atoms with Gasteiger partial charge in [0.1, 0.15) is 11.7 Å². The second-order valence-electron chi connectivity index (χ2n) is 7.08. The standard InChI is InChI=1S/C24H27ClO4/c1-3-4-5-9-15-29-24(28)21(17(2)26)22(19-13-10-14-20(25)16-19)23(27)18-11-7-6-8-12-18/h6-8,10-14,16,21-22H,3-5,9,15H2,1-2H3.